The van der Waals surface area contributed by atoms with Gasteiger partial charge in [-0.2, -0.15) is 0 Å². The van der Waals surface area contributed by atoms with Crippen molar-refractivity contribution in [3.8, 4) is 0 Å². The number of rotatable bonds is 3. The third kappa shape index (κ3) is 3.23. The predicted octanol–water partition coefficient (Wildman–Crippen LogP) is 0.977. The van der Waals surface area contributed by atoms with E-state index in [4.69, 9.17) is 0 Å². The molecule has 0 bridgehead atoms. The van der Waals surface area contributed by atoms with Crippen molar-refractivity contribution < 1.29 is 4.79 Å². The lowest BCUT2D eigenvalue weighted by molar-refractivity contribution is -0.131. The zero-order chi connectivity index (χ0) is 13.0. The molecule has 0 saturated carbocycles. The zero-order valence-corrected chi connectivity index (χ0v) is 11.8. The van der Waals surface area contributed by atoms with E-state index in [1.54, 1.807) is 0 Å². The van der Waals surface area contributed by atoms with E-state index in [-0.39, 0.29) is 11.3 Å². The number of carbonyl (C=O) groups excluding carboxylic acids is 1. The van der Waals surface area contributed by atoms with Crippen molar-refractivity contribution in [3.05, 3.63) is 0 Å². The number of hydrogen-bond donors (Lipinski definition) is 2. The van der Waals surface area contributed by atoms with Crippen LogP contribution in [0.4, 0.5) is 0 Å². The number of likely N-dealkylation sites (N-methyl/N-ethyl adjacent to an activating group) is 1. The molecule has 2 rings (SSSR count). The Morgan fingerprint density at radius 3 is 2.78 bits per heavy atom. The van der Waals surface area contributed by atoms with Crippen molar-refractivity contribution in [1.29, 1.82) is 0 Å². The van der Waals surface area contributed by atoms with Gasteiger partial charge in [0.15, 0.2) is 0 Å². The fraction of sp³-hybridized carbons (Fsp3) is 0.929. The van der Waals surface area contributed by atoms with Gasteiger partial charge in [0.1, 0.15) is 0 Å². The Morgan fingerprint density at radius 1 is 1.39 bits per heavy atom. The number of carbonyl (C=O) groups is 1. The van der Waals surface area contributed by atoms with Crippen LogP contribution < -0.4 is 10.6 Å². The SMILES string of the molecule is CN1CCCCC1CNC(=O)C1(C)CCNCC1. The first-order chi connectivity index (χ1) is 8.62. The Labute approximate surface area is 110 Å². The molecule has 4 nitrogen and oxygen atoms in total. The Kier molecular flexibility index (Phi) is 4.62. The molecule has 0 aromatic rings. The second-order valence-corrected chi connectivity index (χ2v) is 6.15. The summed E-state index contributed by atoms with van der Waals surface area (Å²) in [5, 5.41) is 6.50. The van der Waals surface area contributed by atoms with E-state index in [1.165, 1.54) is 25.8 Å². The van der Waals surface area contributed by atoms with Gasteiger partial charge in [0.25, 0.3) is 0 Å². The van der Waals surface area contributed by atoms with Crippen molar-refractivity contribution in [2.24, 2.45) is 5.41 Å². The molecular formula is C14H27N3O. The molecule has 0 aromatic heterocycles. The first-order valence-corrected chi connectivity index (χ1v) is 7.31. The molecule has 2 aliphatic rings. The summed E-state index contributed by atoms with van der Waals surface area (Å²) < 4.78 is 0. The van der Waals surface area contributed by atoms with Crippen LogP contribution in [0.25, 0.3) is 0 Å². The van der Waals surface area contributed by atoms with Crippen molar-refractivity contribution in [3.63, 3.8) is 0 Å². The minimum atomic E-state index is -0.154. The van der Waals surface area contributed by atoms with Crippen LogP contribution in [0, 0.1) is 5.41 Å². The number of amides is 1. The van der Waals surface area contributed by atoms with Gasteiger partial charge in [-0.25, -0.2) is 0 Å². The molecule has 2 aliphatic heterocycles. The Bertz CT molecular complexity index is 287. The second-order valence-electron chi connectivity index (χ2n) is 6.15. The van der Waals surface area contributed by atoms with E-state index < -0.39 is 0 Å². The maximum atomic E-state index is 12.3. The average molecular weight is 253 g/mol. The first kappa shape index (κ1) is 13.8. The van der Waals surface area contributed by atoms with Crippen LogP contribution in [-0.2, 0) is 4.79 Å². The molecule has 1 unspecified atom stereocenters. The number of piperidine rings is 2. The summed E-state index contributed by atoms with van der Waals surface area (Å²) in [5.74, 6) is 0.253. The molecule has 2 fully saturated rings. The quantitative estimate of drug-likeness (QED) is 0.788. The molecule has 2 heterocycles. The highest BCUT2D eigenvalue weighted by molar-refractivity contribution is 5.82. The van der Waals surface area contributed by atoms with E-state index in [9.17, 15) is 4.79 Å². The van der Waals surface area contributed by atoms with E-state index in [0.29, 0.717) is 6.04 Å². The third-order valence-corrected chi connectivity index (χ3v) is 4.68. The summed E-state index contributed by atoms with van der Waals surface area (Å²) in [5.41, 5.74) is -0.154. The molecule has 0 radical (unpaired) electrons. The van der Waals surface area contributed by atoms with Crippen molar-refractivity contribution in [2.45, 2.75) is 45.1 Å². The van der Waals surface area contributed by atoms with Gasteiger partial charge in [-0.05, 0) is 52.4 Å². The lowest BCUT2D eigenvalue weighted by atomic mass is 9.80. The van der Waals surface area contributed by atoms with E-state index >= 15 is 0 Å². The smallest absolute Gasteiger partial charge is 0.226 e. The van der Waals surface area contributed by atoms with Gasteiger partial charge in [0, 0.05) is 18.0 Å². The normalized spacial score (nSPS) is 28.9. The average Bonchev–Trinajstić information content (AvgIpc) is 2.38. The minimum Gasteiger partial charge on any atom is -0.354 e. The van der Waals surface area contributed by atoms with Crippen LogP contribution in [0.5, 0.6) is 0 Å². The molecule has 18 heavy (non-hydrogen) atoms. The van der Waals surface area contributed by atoms with Crippen molar-refractivity contribution in [2.75, 3.05) is 33.2 Å². The molecule has 0 aromatic carbocycles. The maximum Gasteiger partial charge on any atom is 0.226 e. The summed E-state index contributed by atoms with van der Waals surface area (Å²) in [6, 6.07) is 0.535. The molecule has 1 atom stereocenters. The van der Waals surface area contributed by atoms with Gasteiger partial charge >= 0.3 is 0 Å². The van der Waals surface area contributed by atoms with Crippen LogP contribution in [0.2, 0.25) is 0 Å². The van der Waals surface area contributed by atoms with E-state index in [1.807, 2.05) is 0 Å². The van der Waals surface area contributed by atoms with Gasteiger partial charge in [-0.1, -0.05) is 13.3 Å². The van der Waals surface area contributed by atoms with Gasteiger partial charge in [-0.3, -0.25) is 4.79 Å². The van der Waals surface area contributed by atoms with Gasteiger partial charge in [0.05, 0.1) is 0 Å². The standard InChI is InChI=1S/C14H27N3O/c1-14(6-8-15-9-7-14)13(18)16-11-12-5-3-4-10-17(12)2/h12,15H,3-11H2,1-2H3,(H,16,18). The maximum absolute atomic E-state index is 12.3. The molecule has 104 valence electrons. The third-order valence-electron chi connectivity index (χ3n) is 4.68. The summed E-state index contributed by atoms with van der Waals surface area (Å²) >= 11 is 0. The summed E-state index contributed by atoms with van der Waals surface area (Å²) in [6.07, 6.45) is 5.73. The van der Waals surface area contributed by atoms with Gasteiger partial charge < -0.3 is 15.5 Å². The Hall–Kier alpha value is -0.610. The Balaban J connectivity index is 1.80. The summed E-state index contributed by atoms with van der Waals surface area (Å²) in [4.78, 5) is 14.7. The highest BCUT2D eigenvalue weighted by Crippen LogP contribution is 2.28. The van der Waals surface area contributed by atoms with Crippen LogP contribution in [0.15, 0.2) is 0 Å². The topological polar surface area (TPSA) is 44.4 Å². The first-order valence-electron chi connectivity index (χ1n) is 7.31. The van der Waals surface area contributed by atoms with E-state index in [0.717, 1.165) is 32.5 Å². The van der Waals surface area contributed by atoms with Crippen LogP contribution in [0.3, 0.4) is 0 Å². The fourth-order valence-corrected chi connectivity index (χ4v) is 3.03. The molecule has 0 aliphatic carbocycles. The molecule has 4 heteroatoms. The van der Waals surface area contributed by atoms with Crippen LogP contribution >= 0.6 is 0 Å². The van der Waals surface area contributed by atoms with Crippen molar-refractivity contribution >= 4 is 5.91 Å². The Morgan fingerprint density at radius 2 is 2.11 bits per heavy atom. The number of likely N-dealkylation sites (tertiary alicyclic amines) is 1. The van der Waals surface area contributed by atoms with Gasteiger partial charge in [0.2, 0.25) is 5.91 Å². The fourth-order valence-electron chi connectivity index (χ4n) is 3.03. The number of nitrogens with one attached hydrogen (secondary N) is 2. The largest absolute Gasteiger partial charge is 0.354 e. The van der Waals surface area contributed by atoms with Gasteiger partial charge in [-0.15, -0.1) is 0 Å². The zero-order valence-electron chi connectivity index (χ0n) is 11.8. The highest BCUT2D eigenvalue weighted by atomic mass is 16.2. The molecule has 2 N–H and O–H groups in total. The van der Waals surface area contributed by atoms with Crippen LogP contribution in [0.1, 0.15) is 39.0 Å². The highest BCUT2D eigenvalue weighted by Gasteiger charge is 2.34. The molecular weight excluding hydrogens is 226 g/mol. The molecule has 2 saturated heterocycles. The van der Waals surface area contributed by atoms with Crippen molar-refractivity contribution in [1.82, 2.24) is 15.5 Å². The monoisotopic (exact) mass is 253 g/mol. The molecule has 0 spiro atoms. The number of nitrogens with zero attached hydrogens (tertiary/aromatic N) is 1. The summed E-state index contributed by atoms with van der Waals surface area (Å²) in [6.45, 7) is 6.02. The minimum absolute atomic E-state index is 0.154. The summed E-state index contributed by atoms with van der Waals surface area (Å²) in [7, 11) is 2.17. The lowest BCUT2D eigenvalue weighted by Gasteiger charge is -2.36. The predicted molar refractivity (Wildman–Crippen MR) is 73.5 cm³/mol. The lowest BCUT2D eigenvalue weighted by Crippen LogP contribution is -2.50. The molecule has 1 amide bonds. The second kappa shape index (κ2) is 6.02. The van der Waals surface area contributed by atoms with Crippen LogP contribution in [-0.4, -0.2) is 50.1 Å². The van der Waals surface area contributed by atoms with E-state index in [2.05, 4.69) is 29.5 Å². The number of hydrogen-bond acceptors (Lipinski definition) is 3.